The molecule has 0 aliphatic carbocycles. The molecule has 1 aromatic rings. The maximum atomic E-state index is 12.2. The molecule has 0 spiro atoms. The molecule has 0 heterocycles. The molecular weight excluding hydrogens is 292 g/mol. The molecule has 0 aliphatic rings. The monoisotopic (exact) mass is 322 g/mol. The van der Waals surface area contributed by atoms with E-state index < -0.39 is 11.4 Å². The first-order chi connectivity index (χ1) is 10.9. The zero-order chi connectivity index (χ0) is 17.5. The lowest BCUT2D eigenvalue weighted by molar-refractivity contribution is -0.145. The van der Waals surface area contributed by atoms with E-state index in [1.54, 1.807) is 20.3 Å². The third-order valence-electron chi connectivity index (χ3n) is 4.86. The molecule has 0 fully saturated rings. The molecule has 23 heavy (non-hydrogen) atoms. The van der Waals surface area contributed by atoms with Crippen molar-refractivity contribution >= 4 is 5.97 Å². The molecule has 0 aromatic heterocycles. The van der Waals surface area contributed by atoms with E-state index in [0.717, 1.165) is 37.7 Å². The van der Waals surface area contributed by atoms with Gasteiger partial charge in [-0.15, -0.1) is 0 Å². The van der Waals surface area contributed by atoms with Crippen molar-refractivity contribution in [1.29, 1.82) is 0 Å². The van der Waals surface area contributed by atoms with Crippen LogP contribution in [0.15, 0.2) is 18.2 Å². The number of hydrogen-bond acceptors (Lipinski definition) is 3. The summed E-state index contributed by atoms with van der Waals surface area (Å²) in [7, 11) is 3.16. The van der Waals surface area contributed by atoms with E-state index >= 15 is 0 Å². The molecule has 2 unspecified atom stereocenters. The molecule has 1 aromatic carbocycles. The molecular formula is C19H30O4. The minimum Gasteiger partial charge on any atom is -0.497 e. The molecule has 0 saturated carbocycles. The van der Waals surface area contributed by atoms with Crippen LogP contribution in [0.5, 0.6) is 11.5 Å². The van der Waals surface area contributed by atoms with Crippen LogP contribution in [-0.2, 0) is 10.2 Å². The Kier molecular flexibility index (Phi) is 7.40. The lowest BCUT2D eigenvalue weighted by atomic mass is 9.68. The van der Waals surface area contributed by atoms with E-state index in [0.29, 0.717) is 11.5 Å². The quantitative estimate of drug-likeness (QED) is 0.637. The number of hydrogen-bond donors (Lipinski definition) is 1. The van der Waals surface area contributed by atoms with Crippen molar-refractivity contribution in [3.63, 3.8) is 0 Å². The topological polar surface area (TPSA) is 55.8 Å². The number of carboxylic acid groups (broad SMARTS) is 1. The SMILES string of the molecule is CCCCCC(CC)C(C)(C(=O)O)c1cc(OC)cc(OC)c1. The van der Waals surface area contributed by atoms with Gasteiger partial charge < -0.3 is 14.6 Å². The van der Waals surface area contributed by atoms with Crippen LogP contribution in [0.1, 0.15) is 58.4 Å². The highest BCUT2D eigenvalue weighted by Crippen LogP contribution is 2.40. The highest BCUT2D eigenvalue weighted by atomic mass is 16.5. The number of unbranched alkanes of at least 4 members (excludes halogenated alkanes) is 2. The van der Waals surface area contributed by atoms with E-state index in [1.165, 1.54) is 0 Å². The van der Waals surface area contributed by atoms with E-state index in [9.17, 15) is 9.90 Å². The first-order valence-electron chi connectivity index (χ1n) is 8.40. The van der Waals surface area contributed by atoms with Crippen molar-refractivity contribution in [2.75, 3.05) is 14.2 Å². The number of carbonyl (C=O) groups is 1. The van der Waals surface area contributed by atoms with E-state index in [1.807, 2.05) is 19.1 Å². The zero-order valence-corrected chi connectivity index (χ0v) is 15.0. The number of ether oxygens (including phenoxy) is 2. The summed E-state index contributed by atoms with van der Waals surface area (Å²) in [5.74, 6) is 0.519. The summed E-state index contributed by atoms with van der Waals surface area (Å²) in [6.45, 7) is 6.04. The number of methoxy groups -OCH3 is 2. The fourth-order valence-corrected chi connectivity index (χ4v) is 3.18. The van der Waals surface area contributed by atoms with Gasteiger partial charge in [-0.05, 0) is 37.0 Å². The van der Waals surface area contributed by atoms with Gasteiger partial charge in [0.05, 0.1) is 19.6 Å². The lowest BCUT2D eigenvalue weighted by Crippen LogP contribution is -2.40. The summed E-state index contributed by atoms with van der Waals surface area (Å²) in [6.07, 6.45) is 5.05. The van der Waals surface area contributed by atoms with Gasteiger partial charge in [0, 0.05) is 6.07 Å². The molecule has 0 saturated heterocycles. The summed E-state index contributed by atoms with van der Waals surface area (Å²) in [6, 6.07) is 5.40. The second-order valence-electron chi connectivity index (χ2n) is 6.21. The van der Waals surface area contributed by atoms with Gasteiger partial charge in [-0.1, -0.05) is 39.5 Å². The Hall–Kier alpha value is -1.71. The lowest BCUT2D eigenvalue weighted by Gasteiger charge is -2.34. The van der Waals surface area contributed by atoms with Crippen LogP contribution in [-0.4, -0.2) is 25.3 Å². The van der Waals surface area contributed by atoms with Crippen molar-refractivity contribution in [2.45, 2.75) is 58.3 Å². The maximum Gasteiger partial charge on any atom is 0.314 e. The van der Waals surface area contributed by atoms with Gasteiger partial charge in [0.2, 0.25) is 0 Å². The Balaban J connectivity index is 3.28. The van der Waals surface area contributed by atoms with E-state index in [4.69, 9.17) is 9.47 Å². The fraction of sp³-hybridized carbons (Fsp3) is 0.632. The second-order valence-corrected chi connectivity index (χ2v) is 6.21. The minimum absolute atomic E-state index is 0.0726. The molecule has 0 bridgehead atoms. The maximum absolute atomic E-state index is 12.2. The van der Waals surface area contributed by atoms with Gasteiger partial charge >= 0.3 is 5.97 Å². The average molecular weight is 322 g/mol. The highest BCUT2D eigenvalue weighted by Gasteiger charge is 2.42. The van der Waals surface area contributed by atoms with Gasteiger partial charge in [-0.3, -0.25) is 4.79 Å². The molecule has 0 radical (unpaired) electrons. The van der Waals surface area contributed by atoms with Crippen LogP contribution in [0, 0.1) is 5.92 Å². The first kappa shape index (κ1) is 19.3. The Bertz CT molecular complexity index is 490. The van der Waals surface area contributed by atoms with Crippen molar-refractivity contribution in [1.82, 2.24) is 0 Å². The molecule has 4 nitrogen and oxygen atoms in total. The summed E-state index contributed by atoms with van der Waals surface area (Å²) < 4.78 is 10.6. The van der Waals surface area contributed by atoms with Gasteiger partial charge in [-0.2, -0.15) is 0 Å². The number of aliphatic carboxylic acids is 1. The summed E-state index contributed by atoms with van der Waals surface area (Å²) in [4.78, 5) is 12.2. The van der Waals surface area contributed by atoms with Crippen LogP contribution in [0.4, 0.5) is 0 Å². The number of benzene rings is 1. The Morgan fingerprint density at radius 3 is 2.09 bits per heavy atom. The molecule has 4 heteroatoms. The largest absolute Gasteiger partial charge is 0.497 e. The van der Waals surface area contributed by atoms with Gasteiger partial charge in [0.15, 0.2) is 0 Å². The molecule has 2 atom stereocenters. The summed E-state index contributed by atoms with van der Waals surface area (Å²) >= 11 is 0. The predicted octanol–water partition coefficient (Wildman–Crippen LogP) is 4.65. The summed E-state index contributed by atoms with van der Waals surface area (Å²) in [5, 5.41) is 9.99. The van der Waals surface area contributed by atoms with Crippen LogP contribution < -0.4 is 9.47 Å². The van der Waals surface area contributed by atoms with Crippen molar-refractivity contribution < 1.29 is 19.4 Å². The molecule has 130 valence electrons. The molecule has 0 amide bonds. The first-order valence-corrected chi connectivity index (χ1v) is 8.40. The normalized spacial score (nSPS) is 14.8. The zero-order valence-electron chi connectivity index (χ0n) is 15.0. The second kappa shape index (κ2) is 8.80. The highest BCUT2D eigenvalue weighted by molar-refractivity contribution is 5.81. The molecule has 1 N–H and O–H groups in total. The molecule has 1 rings (SSSR count). The standard InChI is InChI=1S/C19H30O4/c1-6-8-9-10-14(7-2)19(3,18(20)21)15-11-16(22-4)13-17(12-15)23-5/h11-14H,6-10H2,1-5H3,(H,20,21). The van der Waals surface area contributed by atoms with Gasteiger partial charge in [0.25, 0.3) is 0 Å². The van der Waals surface area contributed by atoms with Crippen LogP contribution in [0.25, 0.3) is 0 Å². The van der Waals surface area contributed by atoms with Crippen LogP contribution in [0.3, 0.4) is 0 Å². The Morgan fingerprint density at radius 2 is 1.70 bits per heavy atom. The fourth-order valence-electron chi connectivity index (χ4n) is 3.18. The number of carboxylic acids is 1. The number of rotatable bonds is 10. The summed E-state index contributed by atoms with van der Waals surface area (Å²) in [5.41, 5.74) is -0.214. The smallest absolute Gasteiger partial charge is 0.314 e. The Morgan fingerprint density at radius 1 is 1.13 bits per heavy atom. The van der Waals surface area contributed by atoms with Gasteiger partial charge in [0.1, 0.15) is 11.5 Å². The van der Waals surface area contributed by atoms with Crippen molar-refractivity contribution in [2.24, 2.45) is 5.92 Å². The van der Waals surface area contributed by atoms with Crippen LogP contribution >= 0.6 is 0 Å². The third kappa shape index (κ3) is 4.40. The van der Waals surface area contributed by atoms with Crippen molar-refractivity contribution in [3.05, 3.63) is 23.8 Å². The van der Waals surface area contributed by atoms with Gasteiger partial charge in [-0.25, -0.2) is 0 Å². The Labute approximate surface area is 139 Å². The molecule has 0 aliphatic heterocycles. The van der Waals surface area contributed by atoms with E-state index in [2.05, 4.69) is 13.8 Å². The van der Waals surface area contributed by atoms with Crippen LogP contribution in [0.2, 0.25) is 0 Å². The van der Waals surface area contributed by atoms with E-state index in [-0.39, 0.29) is 5.92 Å². The predicted molar refractivity (Wildman–Crippen MR) is 92.5 cm³/mol. The van der Waals surface area contributed by atoms with Crippen molar-refractivity contribution in [3.8, 4) is 11.5 Å². The third-order valence-corrected chi connectivity index (χ3v) is 4.86. The minimum atomic E-state index is -0.954. The average Bonchev–Trinajstić information content (AvgIpc) is 2.57.